The highest BCUT2D eigenvalue weighted by atomic mass is 35.5. The second kappa shape index (κ2) is 4.73. The molecule has 1 unspecified atom stereocenters. The fourth-order valence-electron chi connectivity index (χ4n) is 2.07. The van der Waals surface area contributed by atoms with E-state index in [1.165, 1.54) is 0 Å². The molecule has 1 atom stereocenters. The van der Waals surface area contributed by atoms with Gasteiger partial charge in [0, 0.05) is 24.7 Å². The molecule has 1 saturated heterocycles. The van der Waals surface area contributed by atoms with Crippen molar-refractivity contribution < 1.29 is 0 Å². The van der Waals surface area contributed by atoms with Gasteiger partial charge in [-0.1, -0.05) is 11.6 Å². The van der Waals surface area contributed by atoms with Crippen LogP contribution in [0.4, 0.5) is 5.69 Å². The van der Waals surface area contributed by atoms with E-state index in [4.69, 9.17) is 16.9 Å². The van der Waals surface area contributed by atoms with Gasteiger partial charge >= 0.3 is 0 Å². The van der Waals surface area contributed by atoms with E-state index in [1.54, 1.807) is 6.07 Å². The van der Waals surface area contributed by atoms with E-state index in [1.807, 2.05) is 19.2 Å². The zero-order valence-corrected chi connectivity index (χ0v) is 9.96. The number of likely N-dealkylation sites (N-methyl/N-ethyl adjacent to an activating group) is 1. The van der Waals surface area contributed by atoms with Gasteiger partial charge in [-0.2, -0.15) is 5.26 Å². The molecule has 1 heterocycles. The Hall–Kier alpha value is -1.24. The Labute approximate surface area is 101 Å². The Morgan fingerprint density at radius 3 is 3.00 bits per heavy atom. The summed E-state index contributed by atoms with van der Waals surface area (Å²) in [6, 6.07) is 8.12. The Morgan fingerprint density at radius 1 is 1.56 bits per heavy atom. The van der Waals surface area contributed by atoms with Crippen molar-refractivity contribution in [1.82, 2.24) is 5.32 Å². The Balaban J connectivity index is 2.28. The van der Waals surface area contributed by atoms with E-state index < -0.39 is 0 Å². The molecule has 1 aliphatic rings. The summed E-state index contributed by atoms with van der Waals surface area (Å²) in [4.78, 5) is 2.16. The van der Waals surface area contributed by atoms with E-state index in [9.17, 15) is 0 Å². The highest BCUT2D eigenvalue weighted by molar-refractivity contribution is 6.30. The minimum Gasteiger partial charge on any atom is -0.369 e. The molecule has 0 amide bonds. The van der Waals surface area contributed by atoms with Crippen LogP contribution in [0.1, 0.15) is 12.0 Å². The first-order valence-electron chi connectivity index (χ1n) is 5.35. The van der Waals surface area contributed by atoms with Gasteiger partial charge in [-0.05, 0) is 31.2 Å². The van der Waals surface area contributed by atoms with Crippen molar-refractivity contribution in [3.63, 3.8) is 0 Å². The highest BCUT2D eigenvalue weighted by Crippen LogP contribution is 2.25. The smallest absolute Gasteiger partial charge is 0.101 e. The molecule has 4 heteroatoms. The van der Waals surface area contributed by atoms with Crippen LogP contribution in [-0.4, -0.2) is 26.2 Å². The minimum atomic E-state index is 0.466. The van der Waals surface area contributed by atoms with Crippen molar-refractivity contribution in [2.24, 2.45) is 0 Å². The number of hydrogen-bond donors (Lipinski definition) is 1. The first-order chi connectivity index (χ1) is 7.72. The fraction of sp³-hybridized carbons (Fsp3) is 0.417. The molecule has 1 aromatic carbocycles. The second-order valence-corrected chi connectivity index (χ2v) is 4.47. The van der Waals surface area contributed by atoms with E-state index >= 15 is 0 Å². The summed E-state index contributed by atoms with van der Waals surface area (Å²) in [6.07, 6.45) is 1.12. The predicted molar refractivity (Wildman–Crippen MR) is 65.8 cm³/mol. The molecule has 2 rings (SSSR count). The molecular formula is C12H14ClN3. The summed E-state index contributed by atoms with van der Waals surface area (Å²) >= 11 is 5.88. The molecule has 0 aliphatic carbocycles. The maximum Gasteiger partial charge on any atom is 0.101 e. The summed E-state index contributed by atoms with van der Waals surface area (Å²) in [5.41, 5.74) is 1.60. The number of hydrogen-bond acceptors (Lipinski definition) is 3. The van der Waals surface area contributed by atoms with E-state index in [-0.39, 0.29) is 0 Å². The van der Waals surface area contributed by atoms with Gasteiger partial charge in [-0.25, -0.2) is 0 Å². The van der Waals surface area contributed by atoms with Gasteiger partial charge in [0.25, 0.3) is 0 Å². The number of nitrogens with zero attached hydrogens (tertiary/aromatic N) is 2. The quantitative estimate of drug-likeness (QED) is 0.853. The lowest BCUT2D eigenvalue weighted by Crippen LogP contribution is -2.33. The standard InChI is InChI=1S/C12H14ClN3/c1-16(11-4-5-15-8-11)12-3-2-10(13)6-9(12)7-14/h2-3,6,11,15H,4-5,8H2,1H3. The summed E-state index contributed by atoms with van der Waals surface area (Å²) in [7, 11) is 2.03. The van der Waals surface area contributed by atoms with Crippen LogP contribution >= 0.6 is 11.6 Å². The van der Waals surface area contributed by atoms with Crippen molar-refractivity contribution in [1.29, 1.82) is 5.26 Å². The monoisotopic (exact) mass is 235 g/mol. The van der Waals surface area contributed by atoms with Crippen LogP contribution in [-0.2, 0) is 0 Å². The number of halogens is 1. The van der Waals surface area contributed by atoms with E-state index in [2.05, 4.69) is 16.3 Å². The molecule has 0 saturated carbocycles. The number of nitrogens with one attached hydrogen (secondary N) is 1. The number of nitriles is 1. The fourth-order valence-corrected chi connectivity index (χ4v) is 2.24. The molecule has 1 aliphatic heterocycles. The SMILES string of the molecule is CN(c1ccc(Cl)cc1C#N)C1CCNC1. The molecule has 0 aromatic heterocycles. The van der Waals surface area contributed by atoms with Gasteiger partial charge in [-0.3, -0.25) is 0 Å². The first-order valence-corrected chi connectivity index (χ1v) is 5.73. The Bertz CT molecular complexity index is 419. The molecule has 1 N–H and O–H groups in total. The maximum absolute atomic E-state index is 9.08. The van der Waals surface area contributed by atoms with Crippen molar-refractivity contribution in [3.8, 4) is 6.07 Å². The molecule has 0 bridgehead atoms. The van der Waals surface area contributed by atoms with Crippen LogP contribution in [0, 0.1) is 11.3 Å². The van der Waals surface area contributed by atoms with E-state index in [0.29, 0.717) is 16.6 Å². The minimum absolute atomic E-state index is 0.466. The van der Waals surface area contributed by atoms with Crippen molar-refractivity contribution in [3.05, 3.63) is 28.8 Å². The van der Waals surface area contributed by atoms with Gasteiger partial charge in [0.05, 0.1) is 11.3 Å². The highest BCUT2D eigenvalue weighted by Gasteiger charge is 2.21. The first kappa shape index (κ1) is 11.3. The Kier molecular flexibility index (Phi) is 3.33. The zero-order valence-electron chi connectivity index (χ0n) is 9.20. The lowest BCUT2D eigenvalue weighted by molar-refractivity contribution is 0.685. The maximum atomic E-state index is 9.08. The predicted octanol–water partition coefficient (Wildman–Crippen LogP) is 2.01. The number of rotatable bonds is 2. The lowest BCUT2D eigenvalue weighted by Gasteiger charge is -2.26. The van der Waals surface area contributed by atoms with Gasteiger partial charge in [0.1, 0.15) is 6.07 Å². The zero-order chi connectivity index (χ0) is 11.5. The molecule has 0 spiro atoms. The van der Waals surface area contributed by atoms with Crippen LogP contribution in [0.3, 0.4) is 0 Å². The van der Waals surface area contributed by atoms with Gasteiger partial charge < -0.3 is 10.2 Å². The van der Waals surface area contributed by atoms with E-state index in [0.717, 1.165) is 25.2 Å². The summed E-state index contributed by atoms with van der Waals surface area (Å²) in [6.45, 7) is 2.02. The van der Waals surface area contributed by atoms with Crippen LogP contribution in [0.25, 0.3) is 0 Å². The van der Waals surface area contributed by atoms with Gasteiger partial charge in [0.15, 0.2) is 0 Å². The third kappa shape index (κ3) is 2.13. The topological polar surface area (TPSA) is 39.1 Å². The molecule has 0 radical (unpaired) electrons. The van der Waals surface area contributed by atoms with Crippen LogP contribution < -0.4 is 10.2 Å². The van der Waals surface area contributed by atoms with Crippen LogP contribution in [0.15, 0.2) is 18.2 Å². The largest absolute Gasteiger partial charge is 0.369 e. The molecular weight excluding hydrogens is 222 g/mol. The molecule has 1 fully saturated rings. The van der Waals surface area contributed by atoms with Crippen LogP contribution in [0.2, 0.25) is 5.02 Å². The number of benzene rings is 1. The molecule has 84 valence electrons. The number of anilines is 1. The average Bonchev–Trinajstić information content (AvgIpc) is 2.81. The second-order valence-electron chi connectivity index (χ2n) is 4.03. The summed E-state index contributed by atoms with van der Waals surface area (Å²) in [5.74, 6) is 0. The average molecular weight is 236 g/mol. The third-order valence-electron chi connectivity index (χ3n) is 3.04. The van der Waals surface area contributed by atoms with Gasteiger partial charge in [-0.15, -0.1) is 0 Å². The van der Waals surface area contributed by atoms with Crippen molar-refractivity contribution in [2.75, 3.05) is 25.0 Å². The summed E-state index contributed by atoms with van der Waals surface area (Å²) < 4.78 is 0. The normalized spacial score (nSPS) is 19.4. The van der Waals surface area contributed by atoms with Gasteiger partial charge in [0.2, 0.25) is 0 Å². The van der Waals surface area contributed by atoms with Crippen molar-refractivity contribution in [2.45, 2.75) is 12.5 Å². The lowest BCUT2D eigenvalue weighted by atomic mass is 10.1. The third-order valence-corrected chi connectivity index (χ3v) is 3.28. The Morgan fingerprint density at radius 2 is 2.38 bits per heavy atom. The molecule has 3 nitrogen and oxygen atoms in total. The van der Waals surface area contributed by atoms with Crippen LogP contribution in [0.5, 0.6) is 0 Å². The summed E-state index contributed by atoms with van der Waals surface area (Å²) in [5, 5.41) is 13.0. The van der Waals surface area contributed by atoms with Crippen molar-refractivity contribution >= 4 is 17.3 Å². The molecule has 1 aromatic rings. The molecule has 16 heavy (non-hydrogen) atoms.